The highest BCUT2D eigenvalue weighted by Crippen LogP contribution is 2.25. The lowest BCUT2D eigenvalue weighted by Crippen LogP contribution is -2.16. The summed E-state index contributed by atoms with van der Waals surface area (Å²) in [6.45, 7) is 1.60. The summed E-state index contributed by atoms with van der Waals surface area (Å²) in [4.78, 5) is 39.4. The van der Waals surface area contributed by atoms with Crippen molar-refractivity contribution in [2.75, 3.05) is 5.32 Å². The Balaban J connectivity index is 2.06. The van der Waals surface area contributed by atoms with E-state index in [2.05, 4.69) is 10.3 Å². The molecular weight excluding hydrogens is 397 g/mol. The van der Waals surface area contributed by atoms with Crippen molar-refractivity contribution in [3.63, 3.8) is 0 Å². The number of halogens is 2. The predicted molar refractivity (Wildman–Crippen MR) is 98.3 cm³/mol. The average molecular weight is 408 g/mol. The summed E-state index contributed by atoms with van der Waals surface area (Å²) in [5.74, 6) is -3.27. The number of carbonyl (C=O) groups excluding carboxylic acids is 1. The third-order valence-electron chi connectivity index (χ3n) is 3.72. The molecule has 0 aliphatic carbocycles. The quantitative estimate of drug-likeness (QED) is 0.607. The molecule has 0 atom stereocenters. The maximum atomic E-state index is 12.7. The molecule has 2 aromatic heterocycles. The Labute approximate surface area is 162 Å². The van der Waals surface area contributed by atoms with Gasteiger partial charge in [-0.25, -0.2) is 14.6 Å². The van der Waals surface area contributed by atoms with Crippen LogP contribution >= 0.6 is 23.2 Å². The first-order chi connectivity index (χ1) is 12.7. The van der Waals surface area contributed by atoms with E-state index >= 15 is 0 Å². The number of carboxylic acids is 2. The summed E-state index contributed by atoms with van der Waals surface area (Å²) < 4.78 is 1.41. The minimum Gasteiger partial charge on any atom is -0.478 e. The molecule has 0 saturated heterocycles. The molecule has 3 N–H and O–H groups in total. The Morgan fingerprint density at radius 3 is 2.19 bits per heavy atom. The third-order valence-corrected chi connectivity index (χ3v) is 4.20. The fourth-order valence-electron chi connectivity index (χ4n) is 2.60. The molecule has 1 aromatic carbocycles. The number of hydrogen-bond donors (Lipinski definition) is 3. The van der Waals surface area contributed by atoms with E-state index in [4.69, 9.17) is 33.4 Å². The zero-order valence-corrected chi connectivity index (χ0v) is 15.2. The molecule has 0 spiro atoms. The summed E-state index contributed by atoms with van der Waals surface area (Å²) in [5, 5.41) is 21.3. The van der Waals surface area contributed by atoms with Gasteiger partial charge in [-0.15, -0.1) is 0 Å². The molecule has 0 saturated carbocycles. The normalized spacial score (nSPS) is 10.8. The van der Waals surface area contributed by atoms with Crippen molar-refractivity contribution >= 4 is 52.4 Å². The Hall–Kier alpha value is -3.10. The van der Waals surface area contributed by atoms with Gasteiger partial charge < -0.3 is 15.5 Å². The number of rotatable bonds is 4. The zero-order chi connectivity index (χ0) is 19.9. The highest BCUT2D eigenvalue weighted by Gasteiger charge is 2.20. The molecular formula is C17H11Cl2N3O5. The Morgan fingerprint density at radius 2 is 1.63 bits per heavy atom. The number of carboxylic acid groups (broad SMARTS) is 2. The van der Waals surface area contributed by atoms with Crippen LogP contribution in [-0.2, 0) is 0 Å². The van der Waals surface area contributed by atoms with Crippen molar-refractivity contribution in [1.29, 1.82) is 0 Å². The van der Waals surface area contributed by atoms with E-state index in [0.717, 1.165) is 18.2 Å². The van der Waals surface area contributed by atoms with Crippen LogP contribution in [0.2, 0.25) is 10.0 Å². The van der Waals surface area contributed by atoms with Crippen LogP contribution in [0.15, 0.2) is 30.5 Å². The molecule has 0 radical (unpaired) electrons. The van der Waals surface area contributed by atoms with Gasteiger partial charge in [0.05, 0.1) is 26.9 Å². The lowest BCUT2D eigenvalue weighted by atomic mass is 10.1. The Kier molecular flexibility index (Phi) is 4.77. The summed E-state index contributed by atoms with van der Waals surface area (Å²) in [6.07, 6.45) is 1.47. The predicted octanol–water partition coefficient (Wildman–Crippen LogP) is 3.60. The minimum absolute atomic E-state index is 0.0137. The first-order valence-electron chi connectivity index (χ1n) is 7.44. The number of carbonyl (C=O) groups is 3. The molecule has 27 heavy (non-hydrogen) atoms. The van der Waals surface area contributed by atoms with Crippen LogP contribution in [0.3, 0.4) is 0 Å². The average Bonchev–Trinajstić information content (AvgIpc) is 2.90. The first-order valence-corrected chi connectivity index (χ1v) is 8.19. The molecule has 3 aromatic rings. The molecule has 10 heteroatoms. The molecule has 0 aliphatic rings. The van der Waals surface area contributed by atoms with Crippen molar-refractivity contribution in [2.45, 2.75) is 6.92 Å². The summed E-state index contributed by atoms with van der Waals surface area (Å²) >= 11 is 12.1. The smallest absolute Gasteiger partial charge is 0.335 e. The molecule has 0 unspecified atom stereocenters. The fraction of sp³-hybridized carbons (Fsp3) is 0.0588. The second kappa shape index (κ2) is 6.90. The lowest BCUT2D eigenvalue weighted by molar-refractivity contribution is 0.0696. The standard InChI is InChI=1S/C17H11Cl2N3O5/c1-7-13(22-6-10(18)5-12(19)14(22)20-7)15(23)21-11-3-8(16(24)25)2-9(4-11)17(26)27/h2-6H,1H3,(H,21,23)(H,24,25)(H,26,27). The molecule has 1 amide bonds. The maximum Gasteiger partial charge on any atom is 0.335 e. The van der Waals surface area contributed by atoms with E-state index in [1.807, 2.05) is 0 Å². The van der Waals surface area contributed by atoms with Crippen LogP contribution in [0.25, 0.3) is 5.65 Å². The Morgan fingerprint density at radius 1 is 1.04 bits per heavy atom. The number of pyridine rings is 1. The zero-order valence-electron chi connectivity index (χ0n) is 13.7. The summed E-state index contributed by atoms with van der Waals surface area (Å²) in [7, 11) is 0. The Bertz CT molecular complexity index is 1090. The second-order valence-electron chi connectivity index (χ2n) is 5.61. The van der Waals surface area contributed by atoms with Crippen molar-refractivity contribution in [2.24, 2.45) is 0 Å². The van der Waals surface area contributed by atoms with Gasteiger partial charge in [0.15, 0.2) is 5.65 Å². The van der Waals surface area contributed by atoms with Gasteiger partial charge in [-0.1, -0.05) is 23.2 Å². The fourth-order valence-corrected chi connectivity index (χ4v) is 3.11. The van der Waals surface area contributed by atoms with Crippen LogP contribution in [0.5, 0.6) is 0 Å². The van der Waals surface area contributed by atoms with E-state index < -0.39 is 17.8 Å². The highest BCUT2D eigenvalue weighted by atomic mass is 35.5. The number of aryl methyl sites for hydroxylation is 1. The van der Waals surface area contributed by atoms with Gasteiger partial charge in [-0.05, 0) is 31.2 Å². The molecule has 8 nitrogen and oxygen atoms in total. The van der Waals surface area contributed by atoms with E-state index in [9.17, 15) is 14.4 Å². The summed E-state index contributed by atoms with van der Waals surface area (Å²) in [5.41, 5.74) is 0.294. The number of benzene rings is 1. The van der Waals surface area contributed by atoms with Gasteiger partial charge in [0.2, 0.25) is 0 Å². The van der Waals surface area contributed by atoms with Gasteiger partial charge in [0, 0.05) is 11.9 Å². The SMILES string of the molecule is Cc1nc2c(Cl)cc(Cl)cn2c1C(=O)Nc1cc(C(=O)O)cc(C(=O)O)c1. The molecule has 2 heterocycles. The molecule has 0 fully saturated rings. The number of aromatic nitrogens is 2. The number of fused-ring (bicyclic) bond motifs is 1. The van der Waals surface area contributed by atoms with Crippen molar-refractivity contribution in [1.82, 2.24) is 9.38 Å². The first kappa shape index (κ1) is 18.7. The lowest BCUT2D eigenvalue weighted by Gasteiger charge is -2.09. The molecule has 138 valence electrons. The maximum absolute atomic E-state index is 12.7. The van der Waals surface area contributed by atoms with Crippen LogP contribution in [0, 0.1) is 6.92 Å². The van der Waals surface area contributed by atoms with E-state index in [-0.39, 0.29) is 27.5 Å². The monoisotopic (exact) mass is 407 g/mol. The minimum atomic E-state index is -1.32. The van der Waals surface area contributed by atoms with Crippen LogP contribution in [0.1, 0.15) is 36.9 Å². The molecule has 3 rings (SSSR count). The van der Waals surface area contributed by atoms with Gasteiger partial charge in [0.25, 0.3) is 5.91 Å². The number of anilines is 1. The van der Waals surface area contributed by atoms with Gasteiger partial charge >= 0.3 is 11.9 Å². The number of nitrogens with one attached hydrogen (secondary N) is 1. The van der Waals surface area contributed by atoms with Crippen molar-refractivity contribution in [3.05, 3.63) is 63.0 Å². The topological polar surface area (TPSA) is 121 Å². The third kappa shape index (κ3) is 3.57. The van der Waals surface area contributed by atoms with Crippen LogP contribution < -0.4 is 5.32 Å². The second-order valence-corrected chi connectivity index (χ2v) is 6.45. The van der Waals surface area contributed by atoms with E-state index in [0.29, 0.717) is 16.4 Å². The highest BCUT2D eigenvalue weighted by molar-refractivity contribution is 6.36. The number of nitrogens with zero attached hydrogens (tertiary/aromatic N) is 2. The van der Waals surface area contributed by atoms with Crippen molar-refractivity contribution < 1.29 is 24.6 Å². The molecule has 0 aliphatic heterocycles. The largest absolute Gasteiger partial charge is 0.478 e. The number of aromatic carboxylic acids is 2. The number of imidazole rings is 1. The number of amides is 1. The van der Waals surface area contributed by atoms with Gasteiger partial charge in [-0.3, -0.25) is 9.20 Å². The van der Waals surface area contributed by atoms with Crippen molar-refractivity contribution in [3.8, 4) is 0 Å². The number of hydrogen-bond acceptors (Lipinski definition) is 4. The van der Waals surface area contributed by atoms with Crippen LogP contribution in [-0.4, -0.2) is 37.4 Å². The summed E-state index contributed by atoms with van der Waals surface area (Å²) in [6, 6.07) is 4.80. The van der Waals surface area contributed by atoms with E-state index in [1.54, 1.807) is 6.92 Å². The van der Waals surface area contributed by atoms with E-state index in [1.165, 1.54) is 16.7 Å². The van der Waals surface area contributed by atoms with Gasteiger partial charge in [-0.2, -0.15) is 0 Å². The molecule has 0 bridgehead atoms. The van der Waals surface area contributed by atoms with Gasteiger partial charge in [0.1, 0.15) is 5.69 Å². The van der Waals surface area contributed by atoms with Crippen LogP contribution in [0.4, 0.5) is 5.69 Å².